The molecule has 2 atom stereocenters. The Morgan fingerprint density at radius 1 is 1.33 bits per heavy atom. The normalized spacial score (nSPS) is 25.7. The van der Waals surface area contributed by atoms with E-state index in [9.17, 15) is 0 Å². The number of hydrogen-bond donors (Lipinski definition) is 0. The lowest BCUT2D eigenvalue weighted by atomic mass is 9.90. The molecule has 1 rings (SSSR count). The molecule has 0 heterocycles. The average Bonchev–Trinajstić information content (AvgIpc) is 2.66. The van der Waals surface area contributed by atoms with Crippen LogP contribution in [0.3, 0.4) is 0 Å². The van der Waals surface area contributed by atoms with E-state index in [2.05, 4.69) is 20.8 Å². The van der Waals surface area contributed by atoms with E-state index in [0.717, 1.165) is 11.8 Å². The van der Waals surface area contributed by atoms with Gasteiger partial charge in [-0.25, -0.2) is 0 Å². The van der Waals surface area contributed by atoms with Crippen LogP contribution in [-0.2, 0) is 0 Å². The molecule has 2 unspecified atom stereocenters. The molecule has 0 bridgehead atoms. The Labute approximate surface area is 58.7 Å². The Morgan fingerprint density at radius 2 is 1.89 bits per heavy atom. The Bertz CT molecular complexity index is 82.0. The van der Waals surface area contributed by atoms with Gasteiger partial charge in [0.2, 0.25) is 0 Å². The minimum Gasteiger partial charge on any atom is -0.0651 e. The van der Waals surface area contributed by atoms with Crippen molar-refractivity contribution in [2.24, 2.45) is 11.8 Å². The highest BCUT2D eigenvalue weighted by molar-refractivity contribution is 5.09. The maximum atomic E-state index is 2.37. The van der Waals surface area contributed by atoms with Gasteiger partial charge in [-0.15, -0.1) is 0 Å². The highest BCUT2D eigenvalue weighted by Gasteiger charge is 2.30. The predicted molar refractivity (Wildman–Crippen MR) is 41.1 cm³/mol. The summed E-state index contributed by atoms with van der Waals surface area (Å²) in [5.74, 6) is 3.64. The molecule has 1 aliphatic carbocycles. The van der Waals surface area contributed by atoms with Crippen molar-refractivity contribution in [3.63, 3.8) is 0 Å². The Hall–Kier alpha value is 0. The molecule has 0 heteroatoms. The Kier molecular flexibility index (Phi) is 2.15. The summed E-state index contributed by atoms with van der Waals surface area (Å²) in [6.07, 6.45) is 4.18. The summed E-state index contributed by atoms with van der Waals surface area (Å²) in [6, 6.07) is 0. The highest BCUT2D eigenvalue weighted by atomic mass is 14.4. The van der Waals surface area contributed by atoms with Crippen molar-refractivity contribution in [1.82, 2.24) is 0 Å². The molecule has 0 aromatic rings. The zero-order chi connectivity index (χ0) is 6.85. The van der Waals surface area contributed by atoms with Gasteiger partial charge in [0.05, 0.1) is 0 Å². The molecule has 1 aliphatic rings. The van der Waals surface area contributed by atoms with E-state index >= 15 is 0 Å². The maximum Gasteiger partial charge on any atom is -0.0210 e. The molecular weight excluding hydrogens is 108 g/mol. The van der Waals surface area contributed by atoms with Gasteiger partial charge < -0.3 is 0 Å². The van der Waals surface area contributed by atoms with Gasteiger partial charge in [0, 0.05) is 0 Å². The summed E-state index contributed by atoms with van der Waals surface area (Å²) in [4.78, 5) is 0. The van der Waals surface area contributed by atoms with Crippen LogP contribution in [0.5, 0.6) is 0 Å². The SMILES string of the molecule is CCC(C)C(C)[C]1CC1. The van der Waals surface area contributed by atoms with Gasteiger partial charge in [0.25, 0.3) is 0 Å². The van der Waals surface area contributed by atoms with Crippen LogP contribution in [0.25, 0.3) is 0 Å². The summed E-state index contributed by atoms with van der Waals surface area (Å²) in [5, 5.41) is 0. The smallest absolute Gasteiger partial charge is 0.0210 e. The molecule has 0 aromatic carbocycles. The molecule has 9 heavy (non-hydrogen) atoms. The van der Waals surface area contributed by atoms with Crippen molar-refractivity contribution >= 4 is 0 Å². The second-order valence-corrected chi connectivity index (χ2v) is 3.33. The lowest BCUT2D eigenvalue weighted by molar-refractivity contribution is 0.413. The zero-order valence-electron chi connectivity index (χ0n) is 6.78. The van der Waals surface area contributed by atoms with E-state index in [1.165, 1.54) is 19.3 Å². The van der Waals surface area contributed by atoms with Crippen LogP contribution in [0, 0.1) is 17.8 Å². The summed E-state index contributed by atoms with van der Waals surface area (Å²) >= 11 is 0. The van der Waals surface area contributed by atoms with Gasteiger partial charge in [0.15, 0.2) is 0 Å². The van der Waals surface area contributed by atoms with Crippen LogP contribution in [0.15, 0.2) is 0 Å². The number of rotatable bonds is 3. The molecule has 1 fully saturated rings. The van der Waals surface area contributed by atoms with E-state index in [4.69, 9.17) is 0 Å². The fourth-order valence-corrected chi connectivity index (χ4v) is 1.28. The van der Waals surface area contributed by atoms with Crippen LogP contribution in [0.1, 0.15) is 40.0 Å². The van der Waals surface area contributed by atoms with Crippen molar-refractivity contribution in [2.75, 3.05) is 0 Å². The molecule has 0 spiro atoms. The van der Waals surface area contributed by atoms with Crippen molar-refractivity contribution in [3.8, 4) is 0 Å². The first-order chi connectivity index (χ1) is 4.25. The second-order valence-electron chi connectivity index (χ2n) is 3.33. The Morgan fingerprint density at radius 3 is 2.22 bits per heavy atom. The third-order valence-corrected chi connectivity index (χ3v) is 2.68. The first-order valence-electron chi connectivity index (χ1n) is 4.10. The fraction of sp³-hybridized carbons (Fsp3) is 0.889. The molecule has 1 radical (unpaired) electrons. The molecule has 0 saturated heterocycles. The summed E-state index contributed by atoms with van der Waals surface area (Å²) < 4.78 is 0. The zero-order valence-corrected chi connectivity index (χ0v) is 6.78. The molecule has 1 saturated carbocycles. The topological polar surface area (TPSA) is 0 Å². The van der Waals surface area contributed by atoms with E-state index < -0.39 is 0 Å². The first kappa shape index (κ1) is 7.11. The van der Waals surface area contributed by atoms with Gasteiger partial charge in [-0.1, -0.05) is 27.2 Å². The third kappa shape index (κ3) is 1.70. The molecule has 0 aliphatic heterocycles. The van der Waals surface area contributed by atoms with Crippen LogP contribution >= 0.6 is 0 Å². The summed E-state index contributed by atoms with van der Waals surface area (Å²) in [7, 11) is 0. The first-order valence-corrected chi connectivity index (χ1v) is 4.10. The van der Waals surface area contributed by atoms with Crippen LogP contribution in [-0.4, -0.2) is 0 Å². The van der Waals surface area contributed by atoms with Crippen molar-refractivity contribution in [1.29, 1.82) is 0 Å². The van der Waals surface area contributed by atoms with E-state index in [-0.39, 0.29) is 0 Å². The van der Waals surface area contributed by atoms with E-state index in [0.29, 0.717) is 0 Å². The molecule has 0 N–H and O–H groups in total. The van der Waals surface area contributed by atoms with Gasteiger partial charge in [-0.3, -0.25) is 0 Å². The Balaban J connectivity index is 2.22. The van der Waals surface area contributed by atoms with Crippen molar-refractivity contribution < 1.29 is 0 Å². The van der Waals surface area contributed by atoms with Crippen molar-refractivity contribution in [3.05, 3.63) is 5.92 Å². The standard InChI is InChI=1S/C9H17/c1-4-7(2)8(3)9-5-6-9/h7-8H,4-6H2,1-3H3. The summed E-state index contributed by atoms with van der Waals surface area (Å²) in [5.41, 5.74) is 0. The van der Waals surface area contributed by atoms with Gasteiger partial charge >= 0.3 is 0 Å². The van der Waals surface area contributed by atoms with Gasteiger partial charge in [-0.05, 0) is 30.6 Å². The van der Waals surface area contributed by atoms with Gasteiger partial charge in [0.1, 0.15) is 0 Å². The molecule has 0 nitrogen and oxygen atoms in total. The lowest BCUT2D eigenvalue weighted by Crippen LogP contribution is -2.06. The third-order valence-electron chi connectivity index (χ3n) is 2.68. The van der Waals surface area contributed by atoms with Crippen LogP contribution in [0.2, 0.25) is 0 Å². The average molecular weight is 125 g/mol. The predicted octanol–water partition coefficient (Wildman–Crippen LogP) is 3.04. The van der Waals surface area contributed by atoms with E-state index in [1.807, 2.05) is 5.92 Å². The largest absolute Gasteiger partial charge is 0.0651 e. The minimum absolute atomic E-state index is 0.912. The van der Waals surface area contributed by atoms with E-state index in [1.54, 1.807) is 0 Å². The highest BCUT2D eigenvalue weighted by Crippen LogP contribution is 2.43. The quantitative estimate of drug-likeness (QED) is 0.544. The molecular formula is C9H17. The maximum absolute atomic E-state index is 2.37. The second kappa shape index (κ2) is 2.72. The summed E-state index contributed by atoms with van der Waals surface area (Å²) in [6.45, 7) is 7.01. The minimum atomic E-state index is 0.912. The molecule has 0 aromatic heterocycles. The molecule has 53 valence electrons. The van der Waals surface area contributed by atoms with Crippen molar-refractivity contribution in [2.45, 2.75) is 40.0 Å². The lowest BCUT2D eigenvalue weighted by Gasteiger charge is -2.16. The van der Waals surface area contributed by atoms with Gasteiger partial charge in [-0.2, -0.15) is 0 Å². The number of hydrogen-bond acceptors (Lipinski definition) is 0. The van der Waals surface area contributed by atoms with Crippen LogP contribution in [0.4, 0.5) is 0 Å². The fourth-order valence-electron chi connectivity index (χ4n) is 1.28. The van der Waals surface area contributed by atoms with Crippen LogP contribution < -0.4 is 0 Å². The monoisotopic (exact) mass is 125 g/mol. The molecule has 0 amide bonds.